The summed E-state index contributed by atoms with van der Waals surface area (Å²) in [6.45, 7) is 2.23. The molecule has 2 rings (SSSR count). The Morgan fingerprint density at radius 3 is 2.39 bits per heavy atom. The molecule has 98 valence electrons. The van der Waals surface area contributed by atoms with Crippen molar-refractivity contribution in [2.45, 2.75) is 38.6 Å². The van der Waals surface area contributed by atoms with E-state index in [1.54, 1.807) is 6.07 Å². The highest BCUT2D eigenvalue weighted by atomic mass is 32.1. The van der Waals surface area contributed by atoms with Gasteiger partial charge in [-0.2, -0.15) is 0 Å². The average molecular weight is 267 g/mol. The highest BCUT2D eigenvalue weighted by Crippen LogP contribution is 2.24. The predicted octanol–water partition coefficient (Wildman–Crippen LogP) is 2.75. The average Bonchev–Trinajstić information content (AvgIpc) is 2.81. The van der Waals surface area contributed by atoms with E-state index in [4.69, 9.17) is 5.11 Å². The molecule has 0 atom stereocenters. The normalized spacial score (nSPS) is 23.6. The first kappa shape index (κ1) is 13.1. The summed E-state index contributed by atoms with van der Waals surface area (Å²) in [5.74, 6) is -0.379. The van der Waals surface area contributed by atoms with Gasteiger partial charge in [0.1, 0.15) is 4.88 Å². The van der Waals surface area contributed by atoms with Crippen LogP contribution in [0.15, 0.2) is 12.1 Å². The lowest BCUT2D eigenvalue weighted by atomic mass is 9.87. The van der Waals surface area contributed by atoms with Gasteiger partial charge in [-0.25, -0.2) is 4.79 Å². The van der Waals surface area contributed by atoms with Crippen LogP contribution in [0.4, 0.5) is 0 Å². The lowest BCUT2D eigenvalue weighted by Crippen LogP contribution is -2.36. The molecule has 1 fully saturated rings. The summed E-state index contributed by atoms with van der Waals surface area (Å²) >= 11 is 1.03. The van der Waals surface area contributed by atoms with Gasteiger partial charge in [0.25, 0.3) is 5.91 Å². The number of thiophene rings is 1. The first-order valence-corrected chi connectivity index (χ1v) is 7.02. The zero-order chi connectivity index (χ0) is 13.1. The van der Waals surface area contributed by atoms with Gasteiger partial charge in [0.2, 0.25) is 0 Å². The van der Waals surface area contributed by atoms with Crippen molar-refractivity contribution in [2.75, 3.05) is 0 Å². The molecule has 2 N–H and O–H groups in total. The minimum absolute atomic E-state index is 0.146. The molecule has 1 saturated carbocycles. The lowest BCUT2D eigenvalue weighted by Gasteiger charge is -2.26. The minimum Gasteiger partial charge on any atom is -0.477 e. The lowest BCUT2D eigenvalue weighted by molar-refractivity contribution is 0.0702. The van der Waals surface area contributed by atoms with E-state index in [0.29, 0.717) is 4.88 Å². The molecule has 5 heteroatoms. The summed E-state index contributed by atoms with van der Waals surface area (Å²) in [5, 5.41) is 11.8. The molecule has 18 heavy (non-hydrogen) atoms. The van der Waals surface area contributed by atoms with Crippen molar-refractivity contribution in [2.24, 2.45) is 5.92 Å². The van der Waals surface area contributed by atoms with Crippen molar-refractivity contribution in [3.05, 3.63) is 21.9 Å². The molecule has 0 saturated heterocycles. The Morgan fingerprint density at radius 2 is 1.83 bits per heavy atom. The molecule has 1 heterocycles. The minimum atomic E-state index is -0.981. The third-order valence-electron chi connectivity index (χ3n) is 3.39. The van der Waals surface area contributed by atoms with Crippen LogP contribution in [0.2, 0.25) is 0 Å². The van der Waals surface area contributed by atoms with Crippen LogP contribution in [-0.2, 0) is 0 Å². The summed E-state index contributed by atoms with van der Waals surface area (Å²) in [4.78, 5) is 23.4. The zero-order valence-electron chi connectivity index (χ0n) is 10.3. The second kappa shape index (κ2) is 5.52. The Labute approximate surface area is 110 Å². The van der Waals surface area contributed by atoms with E-state index in [1.807, 2.05) is 0 Å². The van der Waals surface area contributed by atoms with Crippen LogP contribution in [-0.4, -0.2) is 23.0 Å². The fourth-order valence-electron chi connectivity index (χ4n) is 2.24. The highest BCUT2D eigenvalue weighted by Gasteiger charge is 2.21. The van der Waals surface area contributed by atoms with Crippen LogP contribution >= 0.6 is 11.3 Å². The number of carbonyl (C=O) groups is 2. The summed E-state index contributed by atoms with van der Waals surface area (Å²) < 4.78 is 0. The molecule has 0 aromatic carbocycles. The van der Waals surface area contributed by atoms with E-state index in [-0.39, 0.29) is 16.8 Å². The van der Waals surface area contributed by atoms with Gasteiger partial charge in [-0.3, -0.25) is 4.79 Å². The van der Waals surface area contributed by atoms with E-state index >= 15 is 0 Å². The Kier molecular flexibility index (Phi) is 4.01. The molecule has 1 aliphatic rings. The van der Waals surface area contributed by atoms with E-state index in [2.05, 4.69) is 12.2 Å². The maximum Gasteiger partial charge on any atom is 0.345 e. The van der Waals surface area contributed by atoms with Crippen molar-refractivity contribution >= 4 is 23.2 Å². The number of aromatic carboxylic acids is 1. The molecule has 0 bridgehead atoms. The molecule has 1 amide bonds. The monoisotopic (exact) mass is 267 g/mol. The third kappa shape index (κ3) is 3.10. The first-order valence-electron chi connectivity index (χ1n) is 6.20. The molecule has 0 unspecified atom stereocenters. The Balaban J connectivity index is 1.93. The van der Waals surface area contributed by atoms with Crippen LogP contribution in [0.1, 0.15) is 52.0 Å². The number of hydrogen-bond acceptors (Lipinski definition) is 3. The summed E-state index contributed by atoms with van der Waals surface area (Å²) in [5.41, 5.74) is 0. The van der Waals surface area contributed by atoms with Gasteiger partial charge in [-0.05, 0) is 43.7 Å². The van der Waals surface area contributed by atoms with Gasteiger partial charge in [-0.1, -0.05) is 6.92 Å². The SMILES string of the molecule is CC1CCC(NC(=O)c2ccc(C(=O)O)s2)CC1. The van der Waals surface area contributed by atoms with E-state index in [1.165, 1.54) is 6.07 Å². The maximum absolute atomic E-state index is 11.9. The number of nitrogens with one attached hydrogen (secondary N) is 1. The van der Waals surface area contributed by atoms with Gasteiger partial charge in [-0.15, -0.1) is 11.3 Å². The van der Waals surface area contributed by atoms with E-state index in [9.17, 15) is 9.59 Å². The van der Waals surface area contributed by atoms with Crippen LogP contribution < -0.4 is 5.32 Å². The molecule has 0 aliphatic heterocycles. The quantitative estimate of drug-likeness (QED) is 0.885. The number of amides is 1. The van der Waals surface area contributed by atoms with Crippen LogP contribution in [0, 0.1) is 5.92 Å². The van der Waals surface area contributed by atoms with Crippen molar-refractivity contribution < 1.29 is 14.7 Å². The van der Waals surface area contributed by atoms with Gasteiger partial charge < -0.3 is 10.4 Å². The van der Waals surface area contributed by atoms with Crippen molar-refractivity contribution in [1.29, 1.82) is 0 Å². The molecule has 1 aromatic rings. The summed E-state index contributed by atoms with van der Waals surface area (Å²) in [6, 6.07) is 3.30. The number of hydrogen-bond donors (Lipinski definition) is 2. The van der Waals surface area contributed by atoms with Gasteiger partial charge in [0, 0.05) is 6.04 Å². The summed E-state index contributed by atoms with van der Waals surface area (Å²) in [6.07, 6.45) is 4.33. The molecular formula is C13H17NO3S. The number of carbonyl (C=O) groups excluding carboxylic acids is 1. The second-order valence-corrected chi connectivity index (χ2v) is 5.98. The molecule has 0 radical (unpaired) electrons. The Morgan fingerprint density at radius 1 is 1.22 bits per heavy atom. The van der Waals surface area contributed by atoms with Crippen LogP contribution in [0.25, 0.3) is 0 Å². The van der Waals surface area contributed by atoms with E-state index < -0.39 is 5.97 Å². The number of carboxylic acids is 1. The first-order chi connectivity index (χ1) is 8.56. The topological polar surface area (TPSA) is 66.4 Å². The second-order valence-electron chi connectivity index (χ2n) is 4.90. The molecule has 1 aromatic heterocycles. The van der Waals surface area contributed by atoms with Crippen molar-refractivity contribution in [1.82, 2.24) is 5.32 Å². The fraction of sp³-hybridized carbons (Fsp3) is 0.538. The zero-order valence-corrected chi connectivity index (χ0v) is 11.1. The predicted molar refractivity (Wildman–Crippen MR) is 70.2 cm³/mol. The number of rotatable bonds is 3. The van der Waals surface area contributed by atoms with Crippen molar-refractivity contribution in [3.63, 3.8) is 0 Å². The maximum atomic E-state index is 11.9. The van der Waals surface area contributed by atoms with Crippen LogP contribution in [0.3, 0.4) is 0 Å². The van der Waals surface area contributed by atoms with Gasteiger partial charge >= 0.3 is 5.97 Å². The molecule has 4 nitrogen and oxygen atoms in total. The van der Waals surface area contributed by atoms with Crippen LogP contribution in [0.5, 0.6) is 0 Å². The fourth-order valence-corrected chi connectivity index (χ4v) is 2.98. The highest BCUT2D eigenvalue weighted by molar-refractivity contribution is 7.15. The van der Waals surface area contributed by atoms with E-state index in [0.717, 1.165) is 42.9 Å². The molecule has 0 spiro atoms. The van der Waals surface area contributed by atoms with Gasteiger partial charge in [0.05, 0.1) is 4.88 Å². The van der Waals surface area contributed by atoms with Gasteiger partial charge in [0.15, 0.2) is 0 Å². The molecular weight excluding hydrogens is 250 g/mol. The third-order valence-corrected chi connectivity index (χ3v) is 4.46. The standard InChI is InChI=1S/C13H17NO3S/c1-8-2-4-9(5-3-8)14-12(15)10-6-7-11(18-10)13(16)17/h6-9H,2-5H2,1H3,(H,14,15)(H,16,17). The Hall–Kier alpha value is -1.36. The smallest absolute Gasteiger partial charge is 0.345 e. The van der Waals surface area contributed by atoms with Crippen molar-refractivity contribution in [3.8, 4) is 0 Å². The number of carboxylic acid groups (broad SMARTS) is 1. The molecule has 1 aliphatic carbocycles. The largest absolute Gasteiger partial charge is 0.477 e. The summed E-state index contributed by atoms with van der Waals surface area (Å²) in [7, 11) is 0. The Bertz CT molecular complexity index is 447.